The molecule has 0 aliphatic heterocycles. The third kappa shape index (κ3) is 7.24. The van der Waals surface area contributed by atoms with Crippen LogP contribution >= 0.6 is 0 Å². The summed E-state index contributed by atoms with van der Waals surface area (Å²) in [7, 11) is 0. The van der Waals surface area contributed by atoms with Crippen LogP contribution in [-0.2, 0) is 4.79 Å². The Bertz CT molecular complexity index is 251. The molecule has 0 bridgehead atoms. The number of carboxylic acids is 1. The lowest BCUT2D eigenvalue weighted by atomic mass is 10.0. The minimum atomic E-state index is -0.758. The molecule has 1 N–H and O–H groups in total. The van der Waals surface area contributed by atoms with Crippen LogP contribution < -0.4 is 0 Å². The Hall–Kier alpha value is -1.08. The van der Waals surface area contributed by atoms with E-state index in [9.17, 15) is 4.79 Å². The molecule has 92 valence electrons. The lowest BCUT2D eigenvalue weighted by Gasteiger charge is -2.35. The Kier molecular flexibility index (Phi) is 6.75. The average molecular weight is 226 g/mol. The van der Waals surface area contributed by atoms with E-state index < -0.39 is 5.97 Å². The van der Waals surface area contributed by atoms with Crippen LogP contribution in [0.1, 0.15) is 46.5 Å². The zero-order valence-corrected chi connectivity index (χ0v) is 10.5. The topological polar surface area (TPSA) is 64.3 Å². The van der Waals surface area contributed by atoms with Crippen molar-refractivity contribution < 1.29 is 9.90 Å². The summed E-state index contributed by atoms with van der Waals surface area (Å²) in [6.07, 6.45) is 2.59. The molecule has 0 radical (unpaired) electrons. The van der Waals surface area contributed by atoms with Crippen LogP contribution in [0.4, 0.5) is 0 Å². The third-order valence-electron chi connectivity index (χ3n) is 2.51. The molecule has 4 heteroatoms. The van der Waals surface area contributed by atoms with Crippen LogP contribution in [-0.4, -0.2) is 34.6 Å². The highest BCUT2D eigenvalue weighted by molar-refractivity contribution is 5.66. The van der Waals surface area contributed by atoms with Crippen molar-refractivity contribution in [2.45, 2.75) is 52.0 Å². The molecule has 0 fully saturated rings. The summed E-state index contributed by atoms with van der Waals surface area (Å²) in [5, 5.41) is 17.1. The molecule has 0 heterocycles. The van der Waals surface area contributed by atoms with Gasteiger partial charge in [-0.05, 0) is 40.2 Å². The van der Waals surface area contributed by atoms with Gasteiger partial charge in [-0.25, -0.2) is 0 Å². The highest BCUT2D eigenvalue weighted by Crippen LogP contribution is 2.15. The van der Waals surface area contributed by atoms with E-state index in [2.05, 4.69) is 31.7 Å². The first kappa shape index (κ1) is 14.9. The first-order chi connectivity index (χ1) is 7.38. The van der Waals surface area contributed by atoms with Gasteiger partial charge >= 0.3 is 5.97 Å². The van der Waals surface area contributed by atoms with Crippen molar-refractivity contribution in [1.82, 2.24) is 4.90 Å². The van der Waals surface area contributed by atoms with Crippen molar-refractivity contribution in [1.29, 1.82) is 5.26 Å². The Labute approximate surface area is 97.9 Å². The van der Waals surface area contributed by atoms with Gasteiger partial charge in [0.2, 0.25) is 0 Å². The number of carboxylic acid groups (broad SMARTS) is 1. The molecule has 0 atom stereocenters. The maximum absolute atomic E-state index is 10.5. The quantitative estimate of drug-likeness (QED) is 0.676. The highest BCUT2D eigenvalue weighted by atomic mass is 16.4. The van der Waals surface area contributed by atoms with Gasteiger partial charge in [-0.2, -0.15) is 5.26 Å². The van der Waals surface area contributed by atoms with Gasteiger partial charge in [0.25, 0.3) is 0 Å². The number of carbonyl (C=O) groups is 1. The number of nitriles is 1. The summed E-state index contributed by atoms with van der Waals surface area (Å²) in [5.74, 6) is -0.758. The van der Waals surface area contributed by atoms with Crippen molar-refractivity contribution >= 4 is 5.97 Å². The monoisotopic (exact) mass is 226 g/mol. The van der Waals surface area contributed by atoms with Gasteiger partial charge in [0.15, 0.2) is 0 Å². The van der Waals surface area contributed by atoms with E-state index in [1.54, 1.807) is 0 Å². The molecule has 0 aromatic heterocycles. The van der Waals surface area contributed by atoms with E-state index in [-0.39, 0.29) is 12.0 Å². The first-order valence-electron chi connectivity index (χ1n) is 5.71. The number of rotatable bonds is 7. The van der Waals surface area contributed by atoms with Crippen LogP contribution in [0.3, 0.4) is 0 Å². The number of unbranched alkanes of at least 4 members (excludes halogenated alkanes) is 2. The molecule has 0 aliphatic carbocycles. The van der Waals surface area contributed by atoms with Crippen LogP contribution in [0.15, 0.2) is 0 Å². The van der Waals surface area contributed by atoms with Crippen molar-refractivity contribution in [2.75, 3.05) is 13.1 Å². The van der Waals surface area contributed by atoms with E-state index in [0.29, 0.717) is 13.0 Å². The largest absolute Gasteiger partial charge is 0.481 e. The molecule has 0 aromatic carbocycles. The second-order valence-electron chi connectivity index (χ2n) is 4.92. The van der Waals surface area contributed by atoms with Crippen LogP contribution in [0.5, 0.6) is 0 Å². The van der Waals surface area contributed by atoms with Gasteiger partial charge in [-0.1, -0.05) is 0 Å². The number of hydrogen-bond donors (Lipinski definition) is 1. The van der Waals surface area contributed by atoms with E-state index in [0.717, 1.165) is 19.4 Å². The predicted molar refractivity (Wildman–Crippen MR) is 63.0 cm³/mol. The molecule has 4 nitrogen and oxygen atoms in total. The molecular weight excluding hydrogens is 204 g/mol. The first-order valence-corrected chi connectivity index (χ1v) is 5.71. The van der Waals surface area contributed by atoms with Crippen molar-refractivity contribution in [3.63, 3.8) is 0 Å². The van der Waals surface area contributed by atoms with Crippen molar-refractivity contribution in [3.8, 4) is 6.07 Å². The van der Waals surface area contributed by atoms with Gasteiger partial charge in [-0.15, -0.1) is 0 Å². The smallest absolute Gasteiger partial charge is 0.304 e. The van der Waals surface area contributed by atoms with Crippen molar-refractivity contribution in [3.05, 3.63) is 0 Å². The Morgan fingerprint density at radius 3 is 2.38 bits per heavy atom. The second-order valence-corrected chi connectivity index (χ2v) is 4.92. The number of aliphatic carboxylic acids is 1. The van der Waals surface area contributed by atoms with Gasteiger partial charge in [0.1, 0.15) is 0 Å². The summed E-state index contributed by atoms with van der Waals surface area (Å²) in [6.45, 7) is 7.68. The summed E-state index contributed by atoms with van der Waals surface area (Å²) in [4.78, 5) is 12.7. The SMILES string of the molecule is CC(C)(C)N(CCCCC#N)CCC(=O)O. The molecular formula is C12H22N2O2. The third-order valence-corrected chi connectivity index (χ3v) is 2.51. The standard InChI is InChI=1S/C12H22N2O2/c1-12(2,3)14(10-7-11(15)16)9-6-4-5-8-13/h4-7,9-10H2,1-3H3,(H,15,16). The molecule has 0 spiro atoms. The Morgan fingerprint density at radius 1 is 1.31 bits per heavy atom. The number of hydrogen-bond acceptors (Lipinski definition) is 3. The lowest BCUT2D eigenvalue weighted by Crippen LogP contribution is -2.43. The lowest BCUT2D eigenvalue weighted by molar-refractivity contribution is -0.137. The zero-order chi connectivity index (χ0) is 12.6. The summed E-state index contributed by atoms with van der Waals surface area (Å²) < 4.78 is 0. The van der Waals surface area contributed by atoms with Gasteiger partial charge in [0, 0.05) is 18.5 Å². The summed E-state index contributed by atoms with van der Waals surface area (Å²) in [5.41, 5.74) is -0.0118. The van der Waals surface area contributed by atoms with Crippen LogP contribution in [0.25, 0.3) is 0 Å². The van der Waals surface area contributed by atoms with Gasteiger partial charge in [-0.3, -0.25) is 9.69 Å². The molecule has 0 saturated carbocycles. The molecule has 0 amide bonds. The fourth-order valence-electron chi connectivity index (χ4n) is 1.52. The fourth-order valence-corrected chi connectivity index (χ4v) is 1.52. The van der Waals surface area contributed by atoms with E-state index in [4.69, 9.17) is 10.4 Å². The second kappa shape index (κ2) is 7.24. The van der Waals surface area contributed by atoms with E-state index in [1.165, 1.54) is 0 Å². The summed E-state index contributed by atoms with van der Waals surface area (Å²) >= 11 is 0. The summed E-state index contributed by atoms with van der Waals surface area (Å²) in [6, 6.07) is 2.12. The normalized spacial score (nSPS) is 11.4. The molecule has 0 aliphatic rings. The highest BCUT2D eigenvalue weighted by Gasteiger charge is 2.20. The minimum Gasteiger partial charge on any atom is -0.481 e. The van der Waals surface area contributed by atoms with E-state index in [1.807, 2.05) is 0 Å². The van der Waals surface area contributed by atoms with E-state index >= 15 is 0 Å². The van der Waals surface area contributed by atoms with Gasteiger partial charge in [0.05, 0.1) is 12.5 Å². The average Bonchev–Trinajstić information content (AvgIpc) is 2.14. The molecule has 16 heavy (non-hydrogen) atoms. The van der Waals surface area contributed by atoms with Crippen molar-refractivity contribution in [2.24, 2.45) is 0 Å². The maximum atomic E-state index is 10.5. The Morgan fingerprint density at radius 2 is 1.94 bits per heavy atom. The van der Waals surface area contributed by atoms with Gasteiger partial charge < -0.3 is 5.11 Å². The molecule has 0 saturated heterocycles. The minimum absolute atomic E-state index is 0.0118. The molecule has 0 rings (SSSR count). The fraction of sp³-hybridized carbons (Fsp3) is 0.833. The maximum Gasteiger partial charge on any atom is 0.304 e. The predicted octanol–water partition coefficient (Wildman–Crippen LogP) is 2.26. The number of nitrogens with zero attached hydrogens (tertiary/aromatic N) is 2. The zero-order valence-electron chi connectivity index (χ0n) is 10.5. The molecule has 0 aromatic rings. The van der Waals surface area contributed by atoms with Crippen LogP contribution in [0.2, 0.25) is 0 Å². The van der Waals surface area contributed by atoms with Crippen LogP contribution in [0, 0.1) is 11.3 Å². The Balaban J connectivity index is 4.02. The molecule has 0 unspecified atom stereocenters.